The lowest BCUT2D eigenvalue weighted by Crippen LogP contribution is -2.32. The van der Waals surface area contributed by atoms with Gasteiger partial charge in [0.05, 0.1) is 13.1 Å². The number of alkyl carbamates (subject to hydrolysis) is 1. The molecule has 7 nitrogen and oxygen atoms in total. The number of hydrogen-bond acceptors (Lipinski definition) is 5. The molecule has 0 saturated carbocycles. The highest BCUT2D eigenvalue weighted by Gasteiger charge is 2.05. The Morgan fingerprint density at radius 3 is 2.00 bits per heavy atom. The third kappa shape index (κ3) is 8.73. The first-order chi connectivity index (χ1) is 9.34. The van der Waals surface area contributed by atoms with Crippen molar-refractivity contribution >= 4 is 18.0 Å². The Hall–Kier alpha value is -2.31. The van der Waals surface area contributed by atoms with Crippen LogP contribution in [0, 0.1) is 0 Å². The van der Waals surface area contributed by atoms with E-state index in [1.54, 1.807) is 6.92 Å². The second-order valence-electron chi connectivity index (χ2n) is 4.02. The topological polar surface area (TPSA) is 93.7 Å². The molecule has 0 rings (SSSR count). The Kier molecular flexibility index (Phi) is 8.49. The highest BCUT2D eigenvalue weighted by molar-refractivity contribution is 5.92. The standard InChI is InChI=1S/C13H20N2O5/c1-9(2)11(16)14-5-8-20-13(18)15-6-7-19-12(17)10(3)4/h1,3,5-8H2,2,4H3,(H,14,16)(H,15,18). The maximum atomic E-state index is 11.2. The van der Waals surface area contributed by atoms with Crippen LogP contribution in [0.15, 0.2) is 24.3 Å². The molecule has 20 heavy (non-hydrogen) atoms. The van der Waals surface area contributed by atoms with Crippen LogP contribution in [-0.4, -0.2) is 44.3 Å². The molecule has 0 spiro atoms. The summed E-state index contributed by atoms with van der Waals surface area (Å²) in [6.45, 7) is 10.4. The molecule has 0 fully saturated rings. The van der Waals surface area contributed by atoms with E-state index >= 15 is 0 Å². The summed E-state index contributed by atoms with van der Waals surface area (Å²) < 4.78 is 9.54. The van der Waals surface area contributed by atoms with Crippen LogP contribution in [0.4, 0.5) is 4.79 Å². The lowest BCUT2D eigenvalue weighted by molar-refractivity contribution is -0.138. The molecule has 0 aromatic heterocycles. The van der Waals surface area contributed by atoms with Crippen molar-refractivity contribution in [2.24, 2.45) is 0 Å². The van der Waals surface area contributed by atoms with Crippen LogP contribution in [0.3, 0.4) is 0 Å². The zero-order valence-corrected chi connectivity index (χ0v) is 11.8. The van der Waals surface area contributed by atoms with Gasteiger partial charge in [-0.25, -0.2) is 9.59 Å². The van der Waals surface area contributed by atoms with E-state index in [-0.39, 0.29) is 32.2 Å². The second kappa shape index (κ2) is 9.60. The molecule has 0 saturated heterocycles. The van der Waals surface area contributed by atoms with Crippen LogP contribution in [0.2, 0.25) is 0 Å². The monoisotopic (exact) mass is 284 g/mol. The van der Waals surface area contributed by atoms with Crippen LogP contribution in [0.5, 0.6) is 0 Å². The van der Waals surface area contributed by atoms with Crippen molar-refractivity contribution in [2.45, 2.75) is 13.8 Å². The smallest absolute Gasteiger partial charge is 0.407 e. The third-order valence-electron chi connectivity index (χ3n) is 1.96. The maximum absolute atomic E-state index is 11.2. The molecule has 2 N–H and O–H groups in total. The molecule has 0 atom stereocenters. The largest absolute Gasteiger partial charge is 0.460 e. The van der Waals surface area contributed by atoms with Gasteiger partial charge in [0, 0.05) is 11.1 Å². The minimum atomic E-state index is -0.652. The van der Waals surface area contributed by atoms with Crippen LogP contribution >= 0.6 is 0 Å². The van der Waals surface area contributed by atoms with Gasteiger partial charge in [-0.3, -0.25) is 4.79 Å². The van der Waals surface area contributed by atoms with Crippen LogP contribution < -0.4 is 10.6 Å². The summed E-state index contributed by atoms with van der Waals surface area (Å²) in [6.07, 6.45) is -0.652. The van der Waals surface area contributed by atoms with Crippen molar-refractivity contribution in [1.29, 1.82) is 0 Å². The predicted octanol–water partition coefficient (Wildman–Crippen LogP) is 0.524. The predicted molar refractivity (Wildman–Crippen MR) is 72.9 cm³/mol. The molecule has 0 heterocycles. The molecule has 0 aromatic rings. The molecule has 0 aromatic carbocycles. The van der Waals surface area contributed by atoms with Crippen molar-refractivity contribution < 1.29 is 23.9 Å². The Morgan fingerprint density at radius 2 is 1.45 bits per heavy atom. The summed E-state index contributed by atoms with van der Waals surface area (Å²) in [4.78, 5) is 33.3. The Bertz CT molecular complexity index is 368. The molecule has 112 valence electrons. The van der Waals surface area contributed by atoms with E-state index in [1.165, 1.54) is 6.92 Å². The molecule has 2 amide bonds. The van der Waals surface area contributed by atoms with Crippen molar-refractivity contribution in [3.63, 3.8) is 0 Å². The van der Waals surface area contributed by atoms with Gasteiger partial charge in [-0.2, -0.15) is 0 Å². The number of carbonyl (C=O) groups excluding carboxylic acids is 3. The highest BCUT2D eigenvalue weighted by atomic mass is 16.6. The average Bonchev–Trinajstić information content (AvgIpc) is 2.38. The summed E-state index contributed by atoms with van der Waals surface area (Å²) >= 11 is 0. The molecule has 0 aliphatic rings. The molecular weight excluding hydrogens is 264 g/mol. The van der Waals surface area contributed by atoms with Gasteiger partial charge < -0.3 is 20.1 Å². The number of rotatable bonds is 8. The second-order valence-corrected chi connectivity index (χ2v) is 4.02. The van der Waals surface area contributed by atoms with Crippen molar-refractivity contribution in [1.82, 2.24) is 10.6 Å². The van der Waals surface area contributed by atoms with Gasteiger partial charge in [0.2, 0.25) is 5.91 Å². The fourth-order valence-electron chi connectivity index (χ4n) is 0.930. The number of carbonyl (C=O) groups is 3. The molecule has 0 unspecified atom stereocenters. The van der Waals surface area contributed by atoms with Crippen molar-refractivity contribution in [2.75, 3.05) is 26.3 Å². The van der Waals surface area contributed by atoms with E-state index in [0.717, 1.165) is 0 Å². The van der Waals surface area contributed by atoms with Crippen molar-refractivity contribution in [3.8, 4) is 0 Å². The fourth-order valence-corrected chi connectivity index (χ4v) is 0.930. The van der Waals surface area contributed by atoms with Gasteiger partial charge in [0.1, 0.15) is 13.2 Å². The van der Waals surface area contributed by atoms with Crippen LogP contribution in [-0.2, 0) is 19.1 Å². The Labute approximate surface area is 118 Å². The van der Waals surface area contributed by atoms with Gasteiger partial charge in [0.25, 0.3) is 0 Å². The van der Waals surface area contributed by atoms with E-state index in [1.807, 2.05) is 0 Å². The number of nitrogens with one attached hydrogen (secondary N) is 2. The minimum absolute atomic E-state index is 0.0349. The van der Waals surface area contributed by atoms with Crippen LogP contribution in [0.1, 0.15) is 13.8 Å². The zero-order valence-electron chi connectivity index (χ0n) is 11.8. The molecule has 0 aliphatic heterocycles. The van der Waals surface area contributed by atoms with Gasteiger partial charge in [-0.05, 0) is 13.8 Å². The van der Waals surface area contributed by atoms with E-state index in [2.05, 4.69) is 23.8 Å². The van der Waals surface area contributed by atoms with Gasteiger partial charge in [-0.15, -0.1) is 0 Å². The fraction of sp³-hybridized carbons (Fsp3) is 0.462. The molecular formula is C13H20N2O5. The molecule has 0 aliphatic carbocycles. The van der Waals surface area contributed by atoms with Gasteiger partial charge in [-0.1, -0.05) is 13.2 Å². The van der Waals surface area contributed by atoms with E-state index < -0.39 is 12.1 Å². The minimum Gasteiger partial charge on any atom is -0.460 e. The normalized spacial score (nSPS) is 9.30. The quantitative estimate of drug-likeness (QED) is 0.385. The summed E-state index contributed by atoms with van der Waals surface area (Å²) in [7, 11) is 0. The van der Waals surface area contributed by atoms with Gasteiger partial charge in [0.15, 0.2) is 0 Å². The molecule has 7 heteroatoms. The number of ether oxygens (including phenoxy) is 2. The summed E-state index contributed by atoms with van der Waals surface area (Å²) in [6, 6.07) is 0. The van der Waals surface area contributed by atoms with Crippen molar-refractivity contribution in [3.05, 3.63) is 24.3 Å². The van der Waals surface area contributed by atoms with Crippen LogP contribution in [0.25, 0.3) is 0 Å². The lowest BCUT2D eigenvalue weighted by atomic mass is 10.3. The van der Waals surface area contributed by atoms with Gasteiger partial charge >= 0.3 is 12.1 Å². The zero-order chi connectivity index (χ0) is 15.5. The number of esters is 1. The molecule has 0 radical (unpaired) electrons. The first kappa shape index (κ1) is 17.7. The molecule has 0 bridgehead atoms. The first-order valence-corrected chi connectivity index (χ1v) is 6.01. The van der Waals surface area contributed by atoms with E-state index in [9.17, 15) is 14.4 Å². The summed E-state index contributed by atoms with van der Waals surface area (Å²) in [5, 5.41) is 4.90. The maximum Gasteiger partial charge on any atom is 0.407 e. The summed E-state index contributed by atoms with van der Waals surface area (Å²) in [5.41, 5.74) is 0.676. The number of amides is 2. The SMILES string of the molecule is C=C(C)C(=O)NCCOC(=O)NCCOC(=O)C(=C)C. The average molecular weight is 284 g/mol. The Morgan fingerprint density at radius 1 is 0.900 bits per heavy atom. The van der Waals surface area contributed by atoms with E-state index in [4.69, 9.17) is 9.47 Å². The highest BCUT2D eigenvalue weighted by Crippen LogP contribution is 1.90. The summed E-state index contributed by atoms with van der Waals surface area (Å²) in [5.74, 6) is -0.802. The Balaban J connectivity index is 3.55. The first-order valence-electron chi connectivity index (χ1n) is 6.01. The van der Waals surface area contributed by atoms with E-state index in [0.29, 0.717) is 11.1 Å². The lowest BCUT2D eigenvalue weighted by Gasteiger charge is -2.08. The number of hydrogen-bond donors (Lipinski definition) is 2. The third-order valence-corrected chi connectivity index (χ3v) is 1.96.